The van der Waals surface area contributed by atoms with Gasteiger partial charge in [0.2, 0.25) is 0 Å². The highest BCUT2D eigenvalue weighted by molar-refractivity contribution is 6.12. The fraction of sp³-hybridized carbons (Fsp3) is 0.318. The number of H-pyrrole nitrogens is 1. The maximum Gasteiger partial charge on any atom is 0.256 e. The van der Waals surface area contributed by atoms with Gasteiger partial charge in [0.15, 0.2) is 0 Å². The van der Waals surface area contributed by atoms with E-state index in [0.29, 0.717) is 23.6 Å². The summed E-state index contributed by atoms with van der Waals surface area (Å²) in [6.07, 6.45) is 2.73. The molecule has 0 radical (unpaired) electrons. The lowest BCUT2D eigenvalue weighted by Crippen LogP contribution is -2.36. The Kier molecular flexibility index (Phi) is 5.81. The molecule has 0 aliphatic heterocycles. The highest BCUT2D eigenvalue weighted by Gasteiger charge is 2.13. The molecule has 1 heterocycles. The maximum atomic E-state index is 12.8. The number of hydrogen-bond acceptors (Lipinski definition) is 3. The lowest BCUT2D eigenvalue weighted by molar-refractivity contribution is 0.102. The molecule has 142 valence electrons. The number of carbonyl (C=O) groups is 1. The SMILES string of the molecule is CC(C)(C)NCCCOc1ccccc1NC(=O)c1cccc2[nH]ccc12. The summed E-state index contributed by atoms with van der Waals surface area (Å²) < 4.78 is 5.90. The predicted octanol–water partition coefficient (Wildman–Crippen LogP) is 4.58. The molecule has 0 aliphatic carbocycles. The largest absolute Gasteiger partial charge is 0.491 e. The summed E-state index contributed by atoms with van der Waals surface area (Å²) in [7, 11) is 0. The molecule has 2 aromatic carbocycles. The van der Waals surface area contributed by atoms with E-state index in [-0.39, 0.29) is 11.4 Å². The number of benzene rings is 2. The molecule has 3 N–H and O–H groups in total. The van der Waals surface area contributed by atoms with E-state index in [0.717, 1.165) is 23.9 Å². The molecule has 0 unspecified atom stereocenters. The second-order valence-electron chi connectivity index (χ2n) is 7.57. The van der Waals surface area contributed by atoms with Gasteiger partial charge >= 0.3 is 0 Å². The lowest BCUT2D eigenvalue weighted by Gasteiger charge is -2.20. The summed E-state index contributed by atoms with van der Waals surface area (Å²) in [5.74, 6) is 0.536. The summed E-state index contributed by atoms with van der Waals surface area (Å²) in [5, 5.41) is 7.32. The third kappa shape index (κ3) is 5.11. The summed E-state index contributed by atoms with van der Waals surface area (Å²) in [6.45, 7) is 7.90. The molecular weight excluding hydrogens is 338 g/mol. The van der Waals surface area contributed by atoms with E-state index in [1.165, 1.54) is 0 Å². The van der Waals surface area contributed by atoms with Gasteiger partial charge in [0.1, 0.15) is 5.75 Å². The van der Waals surface area contributed by atoms with Crippen LogP contribution in [-0.4, -0.2) is 29.6 Å². The molecule has 5 heteroatoms. The zero-order valence-electron chi connectivity index (χ0n) is 16.1. The third-order valence-corrected chi connectivity index (χ3v) is 4.21. The summed E-state index contributed by atoms with van der Waals surface area (Å²) in [5.41, 5.74) is 2.36. The molecule has 0 aliphatic rings. The van der Waals surface area contributed by atoms with Crippen LogP contribution < -0.4 is 15.4 Å². The second kappa shape index (κ2) is 8.27. The monoisotopic (exact) mass is 365 g/mol. The van der Waals surface area contributed by atoms with Crippen molar-refractivity contribution in [3.8, 4) is 5.75 Å². The molecular formula is C22H27N3O2. The molecule has 0 saturated heterocycles. The van der Waals surface area contributed by atoms with Crippen molar-refractivity contribution in [2.45, 2.75) is 32.7 Å². The van der Waals surface area contributed by atoms with Gasteiger partial charge in [-0.1, -0.05) is 18.2 Å². The molecule has 0 bridgehead atoms. The Labute approximate surface area is 160 Å². The highest BCUT2D eigenvalue weighted by Crippen LogP contribution is 2.26. The van der Waals surface area contributed by atoms with Crippen LogP contribution in [0.5, 0.6) is 5.75 Å². The molecule has 0 saturated carbocycles. The van der Waals surface area contributed by atoms with Gasteiger partial charge in [-0.2, -0.15) is 0 Å². The number of anilines is 1. The fourth-order valence-corrected chi connectivity index (χ4v) is 2.89. The number of carbonyl (C=O) groups excluding carboxylic acids is 1. The van der Waals surface area contributed by atoms with Crippen LogP contribution in [0.3, 0.4) is 0 Å². The van der Waals surface area contributed by atoms with Crippen LogP contribution in [0.15, 0.2) is 54.7 Å². The van der Waals surface area contributed by atoms with Crippen LogP contribution in [0.25, 0.3) is 10.9 Å². The molecule has 0 spiro atoms. The number of nitrogens with one attached hydrogen (secondary N) is 3. The zero-order valence-corrected chi connectivity index (χ0v) is 16.1. The van der Waals surface area contributed by atoms with Crippen LogP contribution in [0.1, 0.15) is 37.6 Å². The molecule has 1 aromatic heterocycles. The number of para-hydroxylation sites is 2. The fourth-order valence-electron chi connectivity index (χ4n) is 2.89. The van der Waals surface area contributed by atoms with E-state index in [9.17, 15) is 4.79 Å². The first-order valence-corrected chi connectivity index (χ1v) is 9.28. The van der Waals surface area contributed by atoms with E-state index >= 15 is 0 Å². The standard InChI is InChI=1S/C22H27N3O2/c1-22(2,3)24-13-7-15-27-20-11-5-4-9-19(20)25-21(26)17-8-6-10-18-16(17)12-14-23-18/h4-6,8-12,14,23-24H,7,13,15H2,1-3H3,(H,25,26). The lowest BCUT2D eigenvalue weighted by atomic mass is 10.1. The van der Waals surface area contributed by atoms with Crippen molar-refractivity contribution in [3.05, 3.63) is 60.3 Å². The summed E-state index contributed by atoms with van der Waals surface area (Å²) in [4.78, 5) is 15.9. The second-order valence-corrected chi connectivity index (χ2v) is 7.57. The van der Waals surface area contributed by atoms with Crippen molar-refractivity contribution in [1.82, 2.24) is 10.3 Å². The summed E-state index contributed by atoms with van der Waals surface area (Å²) in [6, 6.07) is 15.1. The summed E-state index contributed by atoms with van der Waals surface area (Å²) >= 11 is 0. The molecule has 27 heavy (non-hydrogen) atoms. The molecule has 1 amide bonds. The normalized spacial score (nSPS) is 11.5. The quantitative estimate of drug-likeness (QED) is 0.537. The number of amides is 1. The number of fused-ring (bicyclic) bond motifs is 1. The maximum absolute atomic E-state index is 12.8. The van der Waals surface area contributed by atoms with E-state index in [1.807, 2.05) is 54.7 Å². The predicted molar refractivity (Wildman–Crippen MR) is 111 cm³/mol. The van der Waals surface area contributed by atoms with Gasteiger partial charge in [0.25, 0.3) is 5.91 Å². The van der Waals surface area contributed by atoms with Gasteiger partial charge in [-0.15, -0.1) is 0 Å². The van der Waals surface area contributed by atoms with Crippen molar-refractivity contribution in [2.24, 2.45) is 0 Å². The minimum absolute atomic E-state index is 0.102. The molecule has 0 fully saturated rings. The van der Waals surface area contributed by atoms with Crippen molar-refractivity contribution in [2.75, 3.05) is 18.5 Å². The van der Waals surface area contributed by atoms with Crippen molar-refractivity contribution in [3.63, 3.8) is 0 Å². The molecule has 0 atom stereocenters. The van der Waals surface area contributed by atoms with Crippen LogP contribution >= 0.6 is 0 Å². The number of ether oxygens (including phenoxy) is 1. The highest BCUT2D eigenvalue weighted by atomic mass is 16.5. The van der Waals surface area contributed by atoms with Crippen LogP contribution in [0.2, 0.25) is 0 Å². The Morgan fingerprint density at radius 3 is 2.70 bits per heavy atom. The van der Waals surface area contributed by atoms with Gasteiger partial charge in [-0.3, -0.25) is 4.79 Å². The Bertz CT molecular complexity index is 909. The zero-order chi connectivity index (χ0) is 19.3. The van der Waals surface area contributed by atoms with Crippen molar-refractivity contribution in [1.29, 1.82) is 0 Å². The van der Waals surface area contributed by atoms with E-state index < -0.39 is 0 Å². The number of aromatic amines is 1. The Balaban J connectivity index is 1.64. The van der Waals surface area contributed by atoms with E-state index in [1.54, 1.807) is 0 Å². The minimum Gasteiger partial charge on any atom is -0.491 e. The topological polar surface area (TPSA) is 66.2 Å². The van der Waals surface area contributed by atoms with Gasteiger partial charge in [0.05, 0.1) is 12.3 Å². The molecule has 3 rings (SSSR count). The average molecular weight is 365 g/mol. The van der Waals surface area contributed by atoms with Gasteiger partial charge in [-0.05, 0) is 64.1 Å². The smallest absolute Gasteiger partial charge is 0.256 e. The Morgan fingerprint density at radius 1 is 1.07 bits per heavy atom. The van der Waals surface area contributed by atoms with Gasteiger partial charge in [-0.25, -0.2) is 0 Å². The average Bonchev–Trinajstić information content (AvgIpc) is 3.10. The number of rotatable bonds is 7. The number of aromatic nitrogens is 1. The molecule has 5 nitrogen and oxygen atoms in total. The van der Waals surface area contributed by atoms with Crippen molar-refractivity contribution >= 4 is 22.5 Å². The third-order valence-electron chi connectivity index (χ3n) is 4.21. The number of hydrogen-bond donors (Lipinski definition) is 3. The minimum atomic E-state index is -0.148. The van der Waals surface area contributed by atoms with Gasteiger partial charge < -0.3 is 20.4 Å². The van der Waals surface area contributed by atoms with Crippen molar-refractivity contribution < 1.29 is 9.53 Å². The van der Waals surface area contributed by atoms with Crippen LogP contribution in [0.4, 0.5) is 5.69 Å². The Morgan fingerprint density at radius 2 is 1.89 bits per heavy atom. The first-order chi connectivity index (χ1) is 12.9. The van der Waals surface area contributed by atoms with Crippen LogP contribution in [-0.2, 0) is 0 Å². The first-order valence-electron chi connectivity index (χ1n) is 9.28. The van der Waals surface area contributed by atoms with E-state index in [2.05, 4.69) is 36.4 Å². The van der Waals surface area contributed by atoms with Gasteiger partial charge in [0, 0.05) is 28.2 Å². The van der Waals surface area contributed by atoms with Crippen LogP contribution in [0, 0.1) is 0 Å². The molecule has 3 aromatic rings. The Hall–Kier alpha value is -2.79. The van der Waals surface area contributed by atoms with E-state index in [4.69, 9.17) is 4.74 Å². The first kappa shape index (κ1) is 19.0.